The molecule has 138 valence electrons. The number of aliphatic carboxylic acids is 1. The number of piperazine rings is 1. The minimum Gasteiger partial charge on any atom is -0.480 e. The van der Waals surface area contributed by atoms with Crippen LogP contribution < -0.4 is 5.32 Å². The largest absolute Gasteiger partial charge is 0.480 e. The van der Waals surface area contributed by atoms with E-state index in [1.807, 2.05) is 4.90 Å². The summed E-state index contributed by atoms with van der Waals surface area (Å²) in [6, 6.07) is 4.74. The molecule has 0 aromatic heterocycles. The number of carbonyl (C=O) groups is 3. The molecule has 0 unspecified atom stereocenters. The zero-order chi connectivity index (χ0) is 17.7. The van der Waals surface area contributed by atoms with Crippen molar-refractivity contribution >= 4 is 53.4 Å². The molecule has 10 heteroatoms. The van der Waals surface area contributed by atoms with E-state index in [0.717, 1.165) is 0 Å². The monoisotopic (exact) mass is 409 g/mol. The second kappa shape index (κ2) is 9.82. The van der Waals surface area contributed by atoms with E-state index in [4.69, 9.17) is 28.3 Å². The summed E-state index contributed by atoms with van der Waals surface area (Å²) in [7, 11) is 0. The van der Waals surface area contributed by atoms with Crippen LogP contribution in [0.15, 0.2) is 18.2 Å². The average Bonchev–Trinajstić information content (AvgIpc) is 2.53. The van der Waals surface area contributed by atoms with Crippen molar-refractivity contribution in [1.82, 2.24) is 15.1 Å². The van der Waals surface area contributed by atoms with E-state index >= 15 is 0 Å². The van der Waals surface area contributed by atoms with Crippen molar-refractivity contribution < 1.29 is 19.5 Å². The molecule has 0 spiro atoms. The van der Waals surface area contributed by atoms with Gasteiger partial charge in [0.15, 0.2) is 0 Å². The number of hydrogen-bond donors (Lipinski definition) is 2. The molecular formula is C15H18Cl3N3O4. The molecular weight excluding hydrogens is 393 g/mol. The third kappa shape index (κ3) is 6.36. The molecule has 7 nitrogen and oxygen atoms in total. The highest BCUT2D eigenvalue weighted by Gasteiger charge is 2.24. The van der Waals surface area contributed by atoms with Gasteiger partial charge >= 0.3 is 5.97 Å². The van der Waals surface area contributed by atoms with E-state index in [0.29, 0.717) is 41.8 Å². The fourth-order valence-electron chi connectivity index (χ4n) is 2.38. The van der Waals surface area contributed by atoms with Crippen LogP contribution in [0.25, 0.3) is 0 Å². The Bertz CT molecular complexity index is 649. The second-order valence-corrected chi connectivity index (χ2v) is 6.21. The molecule has 1 saturated heterocycles. The molecule has 2 amide bonds. The van der Waals surface area contributed by atoms with E-state index in [2.05, 4.69) is 5.32 Å². The van der Waals surface area contributed by atoms with E-state index < -0.39 is 12.5 Å². The molecule has 1 heterocycles. The maximum Gasteiger partial charge on any atom is 0.322 e. The molecule has 1 aliphatic heterocycles. The van der Waals surface area contributed by atoms with Gasteiger partial charge < -0.3 is 15.3 Å². The molecule has 1 aromatic carbocycles. The Kier molecular flexibility index (Phi) is 8.44. The van der Waals surface area contributed by atoms with Crippen molar-refractivity contribution in [3.8, 4) is 0 Å². The van der Waals surface area contributed by atoms with Crippen LogP contribution in [0.3, 0.4) is 0 Å². The predicted octanol–water partition coefficient (Wildman–Crippen LogP) is 1.37. The van der Waals surface area contributed by atoms with Gasteiger partial charge in [0.05, 0.1) is 17.1 Å². The number of carboxylic acid groups (broad SMARTS) is 1. The highest BCUT2D eigenvalue weighted by atomic mass is 35.5. The Balaban J connectivity index is 0.00000312. The number of nitrogens with one attached hydrogen (secondary N) is 1. The van der Waals surface area contributed by atoms with E-state index in [-0.39, 0.29) is 30.8 Å². The lowest BCUT2D eigenvalue weighted by molar-refractivity contribution is -0.138. The zero-order valence-electron chi connectivity index (χ0n) is 13.2. The van der Waals surface area contributed by atoms with Crippen molar-refractivity contribution in [2.75, 3.05) is 39.3 Å². The van der Waals surface area contributed by atoms with Gasteiger partial charge in [0.2, 0.25) is 5.91 Å². The van der Waals surface area contributed by atoms with Gasteiger partial charge in [0.1, 0.15) is 6.54 Å². The minimum atomic E-state index is -1.08. The van der Waals surface area contributed by atoms with Gasteiger partial charge in [-0.15, -0.1) is 12.4 Å². The highest BCUT2D eigenvalue weighted by molar-refractivity contribution is 6.36. The summed E-state index contributed by atoms with van der Waals surface area (Å²) in [5, 5.41) is 11.6. The van der Waals surface area contributed by atoms with Crippen LogP contribution in [0.1, 0.15) is 10.4 Å². The summed E-state index contributed by atoms with van der Waals surface area (Å²) in [6.07, 6.45) is 0. The number of carbonyl (C=O) groups excluding carboxylic acids is 2. The number of nitrogens with zero attached hydrogens (tertiary/aromatic N) is 2. The molecule has 0 aliphatic carbocycles. The first-order valence-electron chi connectivity index (χ1n) is 7.32. The third-order valence-corrected chi connectivity index (χ3v) is 4.17. The second-order valence-electron chi connectivity index (χ2n) is 5.36. The molecule has 2 N–H and O–H groups in total. The van der Waals surface area contributed by atoms with Crippen LogP contribution in [0, 0.1) is 0 Å². The molecule has 0 bridgehead atoms. The van der Waals surface area contributed by atoms with Crippen LogP contribution in [-0.4, -0.2) is 72.0 Å². The van der Waals surface area contributed by atoms with Crippen LogP contribution in [0.2, 0.25) is 10.0 Å². The Morgan fingerprint density at radius 1 is 1.12 bits per heavy atom. The molecule has 1 fully saturated rings. The molecule has 1 aliphatic rings. The normalized spacial score (nSPS) is 14.6. The maximum absolute atomic E-state index is 12.5. The predicted molar refractivity (Wildman–Crippen MR) is 96.7 cm³/mol. The van der Waals surface area contributed by atoms with Gasteiger partial charge in [-0.05, 0) is 18.2 Å². The fourth-order valence-corrected chi connectivity index (χ4v) is 2.86. The summed E-state index contributed by atoms with van der Waals surface area (Å²) in [5.41, 5.74) is 0.397. The molecule has 1 aromatic rings. The lowest BCUT2D eigenvalue weighted by Crippen LogP contribution is -2.51. The molecule has 0 saturated carbocycles. The first-order valence-corrected chi connectivity index (χ1v) is 8.07. The first kappa shape index (κ1) is 21.5. The van der Waals surface area contributed by atoms with Crippen molar-refractivity contribution in [1.29, 1.82) is 0 Å². The van der Waals surface area contributed by atoms with Crippen molar-refractivity contribution in [2.45, 2.75) is 0 Å². The lowest BCUT2D eigenvalue weighted by Gasteiger charge is -2.34. The first-order chi connectivity index (χ1) is 11.4. The Morgan fingerprint density at radius 2 is 1.76 bits per heavy atom. The summed E-state index contributed by atoms with van der Waals surface area (Å²) < 4.78 is 0. The van der Waals surface area contributed by atoms with E-state index in [1.165, 1.54) is 6.07 Å². The van der Waals surface area contributed by atoms with Crippen LogP contribution in [0.4, 0.5) is 0 Å². The van der Waals surface area contributed by atoms with Crippen LogP contribution >= 0.6 is 35.6 Å². The van der Waals surface area contributed by atoms with Crippen LogP contribution in [0.5, 0.6) is 0 Å². The lowest BCUT2D eigenvalue weighted by atomic mass is 10.1. The van der Waals surface area contributed by atoms with Gasteiger partial charge in [-0.3, -0.25) is 19.3 Å². The SMILES string of the molecule is Cl.O=C(O)CNC(=O)CN1CCN(C(=O)c2ccc(Cl)cc2Cl)CC1. The van der Waals surface area contributed by atoms with Crippen LogP contribution in [-0.2, 0) is 9.59 Å². The standard InChI is InChI=1S/C15H17Cl2N3O4.ClH/c16-10-1-2-11(12(17)7-10)15(24)20-5-3-19(4-6-20)9-13(21)18-8-14(22)23;/h1-2,7H,3-6,8-9H2,(H,18,21)(H,22,23);1H. The number of rotatable bonds is 5. The summed E-state index contributed by atoms with van der Waals surface area (Å²) in [6.45, 7) is 1.69. The minimum absolute atomic E-state index is 0. The van der Waals surface area contributed by atoms with Gasteiger partial charge in [-0.25, -0.2) is 0 Å². The Labute approximate surface area is 161 Å². The Morgan fingerprint density at radius 3 is 2.32 bits per heavy atom. The number of carboxylic acids is 1. The number of benzene rings is 1. The number of amides is 2. The molecule has 0 atom stereocenters. The van der Waals surface area contributed by atoms with Gasteiger partial charge in [0, 0.05) is 31.2 Å². The highest BCUT2D eigenvalue weighted by Crippen LogP contribution is 2.22. The Hall–Kier alpha value is -1.54. The van der Waals surface area contributed by atoms with E-state index in [9.17, 15) is 14.4 Å². The topological polar surface area (TPSA) is 89.9 Å². The number of hydrogen-bond acceptors (Lipinski definition) is 4. The van der Waals surface area contributed by atoms with Crippen molar-refractivity contribution in [2.24, 2.45) is 0 Å². The summed E-state index contributed by atoms with van der Waals surface area (Å²) >= 11 is 11.9. The summed E-state index contributed by atoms with van der Waals surface area (Å²) in [5.74, 6) is -1.61. The molecule has 2 rings (SSSR count). The quantitative estimate of drug-likeness (QED) is 0.765. The fraction of sp³-hybridized carbons (Fsp3) is 0.400. The average molecular weight is 411 g/mol. The number of halogens is 3. The molecule has 25 heavy (non-hydrogen) atoms. The smallest absolute Gasteiger partial charge is 0.322 e. The van der Waals surface area contributed by atoms with Gasteiger partial charge in [-0.2, -0.15) is 0 Å². The summed E-state index contributed by atoms with van der Waals surface area (Å²) in [4.78, 5) is 38.0. The van der Waals surface area contributed by atoms with Gasteiger partial charge in [-0.1, -0.05) is 23.2 Å². The van der Waals surface area contributed by atoms with Crippen molar-refractivity contribution in [3.05, 3.63) is 33.8 Å². The molecule has 0 radical (unpaired) electrons. The van der Waals surface area contributed by atoms with E-state index in [1.54, 1.807) is 17.0 Å². The van der Waals surface area contributed by atoms with Crippen molar-refractivity contribution in [3.63, 3.8) is 0 Å². The maximum atomic E-state index is 12.5. The van der Waals surface area contributed by atoms with Gasteiger partial charge in [0.25, 0.3) is 5.91 Å². The zero-order valence-corrected chi connectivity index (χ0v) is 15.5. The third-order valence-electron chi connectivity index (χ3n) is 3.63.